The van der Waals surface area contributed by atoms with Crippen molar-refractivity contribution >= 4 is 10.9 Å². The molecule has 2 aromatic rings. The van der Waals surface area contributed by atoms with E-state index in [1.807, 2.05) is 12.3 Å². The highest BCUT2D eigenvalue weighted by molar-refractivity contribution is 5.78. The van der Waals surface area contributed by atoms with Crippen LogP contribution in [0.3, 0.4) is 0 Å². The lowest BCUT2D eigenvalue weighted by Gasteiger charge is -2.32. The molecule has 0 bridgehead atoms. The average Bonchev–Trinajstić information content (AvgIpc) is 2.54. The largest absolute Gasteiger partial charge is 0.330 e. The van der Waals surface area contributed by atoms with Gasteiger partial charge >= 0.3 is 0 Å². The summed E-state index contributed by atoms with van der Waals surface area (Å²) in [5.41, 5.74) is 8.37. The van der Waals surface area contributed by atoms with Crippen LogP contribution in [0.5, 0.6) is 0 Å². The zero-order valence-corrected chi connectivity index (χ0v) is 12.8. The zero-order chi connectivity index (χ0) is 14.7. The van der Waals surface area contributed by atoms with Crippen LogP contribution in [0.25, 0.3) is 10.9 Å². The fourth-order valence-corrected chi connectivity index (χ4v) is 3.18. The highest BCUT2D eigenvalue weighted by Crippen LogP contribution is 2.23. The third-order valence-electron chi connectivity index (χ3n) is 4.72. The number of nitrogens with zero attached hydrogens (tertiary/aromatic N) is 2. The van der Waals surface area contributed by atoms with E-state index in [4.69, 9.17) is 5.73 Å². The van der Waals surface area contributed by atoms with Gasteiger partial charge in [0.05, 0.1) is 5.52 Å². The molecular weight excluding hydrogens is 258 g/mol. The van der Waals surface area contributed by atoms with Crippen molar-refractivity contribution in [3.8, 4) is 0 Å². The van der Waals surface area contributed by atoms with Crippen molar-refractivity contribution < 1.29 is 0 Å². The van der Waals surface area contributed by atoms with Gasteiger partial charge in [0.2, 0.25) is 0 Å². The molecule has 0 spiro atoms. The summed E-state index contributed by atoms with van der Waals surface area (Å²) < 4.78 is 0. The van der Waals surface area contributed by atoms with Crippen molar-refractivity contribution in [2.24, 2.45) is 11.7 Å². The normalized spacial score (nSPS) is 19.0. The van der Waals surface area contributed by atoms with Gasteiger partial charge in [-0.1, -0.05) is 25.1 Å². The number of para-hydroxylation sites is 1. The summed E-state index contributed by atoms with van der Waals surface area (Å²) in [5, 5.41) is 1.21. The summed E-state index contributed by atoms with van der Waals surface area (Å²) in [5.74, 6) is 1.26. The standard InChI is InChI=1S/C18H25N3/c1-14-6-8-21(9-7-14)13-17(11-19)16-10-15-4-2-3-5-18(15)20-12-16/h2-5,10,12,14,17H,6-9,11,13,19H2,1H3. The Morgan fingerprint density at radius 2 is 2.05 bits per heavy atom. The quantitative estimate of drug-likeness (QED) is 0.938. The van der Waals surface area contributed by atoms with Gasteiger partial charge in [0, 0.05) is 30.6 Å². The van der Waals surface area contributed by atoms with E-state index in [9.17, 15) is 0 Å². The number of nitrogens with two attached hydrogens (primary N) is 1. The molecule has 1 aliphatic rings. The minimum absolute atomic E-state index is 0.385. The number of hydrogen-bond donors (Lipinski definition) is 1. The molecule has 112 valence electrons. The van der Waals surface area contributed by atoms with Crippen LogP contribution < -0.4 is 5.73 Å². The molecule has 0 amide bonds. The number of hydrogen-bond acceptors (Lipinski definition) is 3. The molecule has 0 aliphatic carbocycles. The second kappa shape index (κ2) is 6.54. The van der Waals surface area contributed by atoms with Gasteiger partial charge in [0.15, 0.2) is 0 Å². The first-order valence-electron chi connectivity index (χ1n) is 8.03. The maximum Gasteiger partial charge on any atom is 0.0702 e. The molecule has 1 saturated heterocycles. The molecule has 0 saturated carbocycles. The molecule has 1 aromatic carbocycles. The van der Waals surface area contributed by atoms with E-state index in [0.29, 0.717) is 12.5 Å². The Kier molecular flexibility index (Phi) is 4.51. The fourth-order valence-electron chi connectivity index (χ4n) is 3.18. The Morgan fingerprint density at radius 1 is 1.29 bits per heavy atom. The van der Waals surface area contributed by atoms with Crippen molar-refractivity contribution in [2.45, 2.75) is 25.7 Å². The van der Waals surface area contributed by atoms with Gasteiger partial charge in [0.1, 0.15) is 0 Å². The number of likely N-dealkylation sites (tertiary alicyclic amines) is 1. The summed E-state index contributed by atoms with van der Waals surface area (Å²) >= 11 is 0. The van der Waals surface area contributed by atoms with Crippen molar-refractivity contribution in [1.82, 2.24) is 9.88 Å². The molecule has 1 aliphatic heterocycles. The fraction of sp³-hybridized carbons (Fsp3) is 0.500. The lowest BCUT2D eigenvalue weighted by atomic mass is 9.95. The van der Waals surface area contributed by atoms with Crippen LogP contribution in [-0.2, 0) is 0 Å². The summed E-state index contributed by atoms with van der Waals surface area (Å²) in [4.78, 5) is 7.14. The lowest BCUT2D eigenvalue weighted by Crippen LogP contribution is -2.37. The number of piperidine rings is 1. The Bertz CT molecular complexity index is 588. The summed E-state index contributed by atoms with van der Waals surface area (Å²) in [7, 11) is 0. The summed E-state index contributed by atoms with van der Waals surface area (Å²) in [6.07, 6.45) is 4.63. The maximum absolute atomic E-state index is 6.04. The van der Waals surface area contributed by atoms with Crippen LogP contribution in [-0.4, -0.2) is 36.1 Å². The molecule has 2 heterocycles. The minimum Gasteiger partial charge on any atom is -0.330 e. The number of benzene rings is 1. The predicted molar refractivity (Wildman–Crippen MR) is 88.4 cm³/mol. The maximum atomic E-state index is 6.04. The summed E-state index contributed by atoms with van der Waals surface area (Å²) in [6, 6.07) is 10.5. The first-order chi connectivity index (χ1) is 10.3. The molecule has 21 heavy (non-hydrogen) atoms. The first kappa shape index (κ1) is 14.5. The van der Waals surface area contributed by atoms with Gasteiger partial charge in [-0.3, -0.25) is 4.98 Å². The van der Waals surface area contributed by atoms with Gasteiger partial charge < -0.3 is 10.6 Å². The van der Waals surface area contributed by atoms with Gasteiger partial charge in [-0.25, -0.2) is 0 Å². The second-order valence-corrected chi connectivity index (χ2v) is 6.38. The van der Waals surface area contributed by atoms with E-state index in [2.05, 4.69) is 41.1 Å². The zero-order valence-electron chi connectivity index (χ0n) is 12.8. The van der Waals surface area contributed by atoms with Crippen molar-refractivity contribution in [1.29, 1.82) is 0 Å². The minimum atomic E-state index is 0.385. The summed E-state index contributed by atoms with van der Waals surface area (Å²) in [6.45, 7) is 6.51. The van der Waals surface area contributed by atoms with E-state index < -0.39 is 0 Å². The predicted octanol–water partition coefficient (Wildman–Crippen LogP) is 3.01. The molecule has 1 fully saturated rings. The van der Waals surface area contributed by atoms with E-state index in [1.165, 1.54) is 36.9 Å². The Morgan fingerprint density at radius 3 is 2.81 bits per heavy atom. The SMILES string of the molecule is CC1CCN(CC(CN)c2cnc3ccccc3c2)CC1. The topological polar surface area (TPSA) is 42.1 Å². The molecule has 1 atom stereocenters. The highest BCUT2D eigenvalue weighted by atomic mass is 15.1. The van der Waals surface area contributed by atoms with Crippen molar-refractivity contribution in [3.63, 3.8) is 0 Å². The van der Waals surface area contributed by atoms with E-state index in [-0.39, 0.29) is 0 Å². The monoisotopic (exact) mass is 283 g/mol. The lowest BCUT2D eigenvalue weighted by molar-refractivity contribution is 0.183. The molecule has 3 rings (SSSR count). The van der Waals surface area contributed by atoms with Crippen LogP contribution in [0.1, 0.15) is 31.2 Å². The van der Waals surface area contributed by atoms with Crippen LogP contribution >= 0.6 is 0 Å². The molecule has 1 unspecified atom stereocenters. The Balaban J connectivity index is 1.74. The molecule has 0 radical (unpaired) electrons. The molecule has 1 aromatic heterocycles. The number of rotatable bonds is 4. The van der Waals surface area contributed by atoms with E-state index >= 15 is 0 Å². The Labute approximate surface area is 127 Å². The third kappa shape index (κ3) is 3.42. The smallest absolute Gasteiger partial charge is 0.0702 e. The van der Waals surface area contributed by atoms with Gasteiger partial charge in [0.25, 0.3) is 0 Å². The highest BCUT2D eigenvalue weighted by Gasteiger charge is 2.20. The van der Waals surface area contributed by atoms with Gasteiger partial charge in [-0.15, -0.1) is 0 Å². The second-order valence-electron chi connectivity index (χ2n) is 6.38. The van der Waals surface area contributed by atoms with Crippen molar-refractivity contribution in [2.75, 3.05) is 26.2 Å². The third-order valence-corrected chi connectivity index (χ3v) is 4.72. The van der Waals surface area contributed by atoms with Crippen LogP contribution in [0, 0.1) is 5.92 Å². The van der Waals surface area contributed by atoms with Crippen LogP contribution in [0.15, 0.2) is 36.5 Å². The van der Waals surface area contributed by atoms with Crippen LogP contribution in [0.2, 0.25) is 0 Å². The molecule has 3 nitrogen and oxygen atoms in total. The molecule has 2 N–H and O–H groups in total. The van der Waals surface area contributed by atoms with Gasteiger partial charge in [-0.05, 0) is 49.5 Å². The number of pyridine rings is 1. The molecular formula is C18H25N3. The average molecular weight is 283 g/mol. The van der Waals surface area contributed by atoms with E-state index in [0.717, 1.165) is 18.0 Å². The van der Waals surface area contributed by atoms with Gasteiger partial charge in [-0.2, -0.15) is 0 Å². The first-order valence-corrected chi connectivity index (χ1v) is 8.03. The number of aromatic nitrogens is 1. The van der Waals surface area contributed by atoms with Crippen molar-refractivity contribution in [3.05, 3.63) is 42.1 Å². The number of fused-ring (bicyclic) bond motifs is 1. The van der Waals surface area contributed by atoms with E-state index in [1.54, 1.807) is 0 Å². The Hall–Kier alpha value is -1.45. The van der Waals surface area contributed by atoms with Crippen LogP contribution in [0.4, 0.5) is 0 Å². The molecule has 3 heteroatoms.